The molecule has 0 unspecified atom stereocenters. The highest BCUT2D eigenvalue weighted by Crippen LogP contribution is 2.52. The number of aliphatic hydroxyl groups is 1. The van der Waals surface area contributed by atoms with Gasteiger partial charge in [-0.1, -0.05) is 35.9 Å². The molecule has 5 rings (SSSR count). The van der Waals surface area contributed by atoms with Gasteiger partial charge in [0.15, 0.2) is 0 Å². The van der Waals surface area contributed by atoms with Crippen LogP contribution in [0.3, 0.4) is 0 Å². The third-order valence-electron chi connectivity index (χ3n) is 6.93. The number of likely N-dealkylation sites (tertiary alicyclic amines) is 1. The van der Waals surface area contributed by atoms with Gasteiger partial charge in [0.1, 0.15) is 5.75 Å². The average Bonchev–Trinajstić information content (AvgIpc) is 3.03. The van der Waals surface area contributed by atoms with E-state index in [4.69, 9.17) is 11.6 Å². The molecule has 2 atom stereocenters. The number of phenols is 1. The molecule has 1 aromatic heterocycles. The molecule has 2 heterocycles. The van der Waals surface area contributed by atoms with E-state index in [1.165, 1.54) is 0 Å². The van der Waals surface area contributed by atoms with Gasteiger partial charge in [0, 0.05) is 47.9 Å². The topological polar surface area (TPSA) is 59.5 Å². The van der Waals surface area contributed by atoms with Crippen molar-refractivity contribution in [3.8, 4) is 5.75 Å². The Labute approximate surface area is 175 Å². The van der Waals surface area contributed by atoms with E-state index >= 15 is 0 Å². The van der Waals surface area contributed by atoms with Crippen LogP contribution in [-0.4, -0.2) is 45.3 Å². The SMILES string of the molecule is C=CCN1CC[C@@]2(c3cccc(O)c3)Cc3[nH]c4cccc(Cl)c4c3C[C@]2(O)C1. The zero-order valence-corrected chi connectivity index (χ0v) is 17.0. The number of β-amino-alcohol motifs (C(OH)–C–C–N with tert-alkyl or cyclic N) is 1. The molecule has 0 radical (unpaired) electrons. The second kappa shape index (κ2) is 6.63. The van der Waals surface area contributed by atoms with Gasteiger partial charge in [0.05, 0.1) is 10.6 Å². The first-order chi connectivity index (χ1) is 14.0. The van der Waals surface area contributed by atoms with Gasteiger partial charge in [-0.15, -0.1) is 6.58 Å². The van der Waals surface area contributed by atoms with Gasteiger partial charge in [-0.2, -0.15) is 0 Å². The molecular weight excluding hydrogens is 384 g/mol. The Kier molecular flexibility index (Phi) is 4.28. The van der Waals surface area contributed by atoms with Crippen LogP contribution in [0.25, 0.3) is 10.9 Å². The van der Waals surface area contributed by atoms with Gasteiger partial charge < -0.3 is 15.2 Å². The molecule has 0 saturated carbocycles. The lowest BCUT2D eigenvalue weighted by Crippen LogP contribution is -2.66. The predicted octanol–water partition coefficient (Wildman–Crippen LogP) is 4.19. The number of hydrogen-bond donors (Lipinski definition) is 3. The number of fused-ring (bicyclic) bond motifs is 4. The van der Waals surface area contributed by atoms with Gasteiger partial charge in [-0.25, -0.2) is 0 Å². The van der Waals surface area contributed by atoms with Gasteiger partial charge in [-0.3, -0.25) is 4.90 Å². The molecule has 3 N–H and O–H groups in total. The summed E-state index contributed by atoms with van der Waals surface area (Å²) < 4.78 is 0. The quantitative estimate of drug-likeness (QED) is 0.569. The molecule has 29 heavy (non-hydrogen) atoms. The van der Waals surface area contributed by atoms with Crippen LogP contribution < -0.4 is 0 Å². The molecule has 2 aromatic carbocycles. The van der Waals surface area contributed by atoms with Gasteiger partial charge in [0.2, 0.25) is 0 Å². The minimum absolute atomic E-state index is 0.234. The first kappa shape index (κ1) is 18.7. The maximum Gasteiger partial charge on any atom is 0.115 e. The maximum atomic E-state index is 12.2. The zero-order valence-electron chi connectivity index (χ0n) is 16.3. The molecule has 4 nitrogen and oxygen atoms in total. The van der Waals surface area contributed by atoms with E-state index in [-0.39, 0.29) is 5.75 Å². The van der Waals surface area contributed by atoms with Crippen LogP contribution in [0.4, 0.5) is 0 Å². The number of piperidine rings is 1. The molecule has 0 bridgehead atoms. The number of phenolic OH excluding ortho intramolecular Hbond substituents is 1. The van der Waals surface area contributed by atoms with Gasteiger partial charge in [-0.05, 0) is 48.4 Å². The van der Waals surface area contributed by atoms with Crippen molar-refractivity contribution in [2.45, 2.75) is 30.3 Å². The maximum absolute atomic E-state index is 12.2. The molecule has 0 spiro atoms. The van der Waals surface area contributed by atoms with E-state index in [0.717, 1.165) is 47.2 Å². The van der Waals surface area contributed by atoms with E-state index < -0.39 is 11.0 Å². The van der Waals surface area contributed by atoms with Crippen molar-refractivity contribution in [1.29, 1.82) is 0 Å². The summed E-state index contributed by atoms with van der Waals surface area (Å²) in [7, 11) is 0. The van der Waals surface area contributed by atoms with Crippen LogP contribution in [0.2, 0.25) is 5.02 Å². The Morgan fingerprint density at radius 1 is 1.21 bits per heavy atom. The monoisotopic (exact) mass is 408 g/mol. The minimum atomic E-state index is -0.969. The normalized spacial score (nSPS) is 26.8. The first-order valence-corrected chi connectivity index (χ1v) is 10.5. The average molecular weight is 409 g/mol. The summed E-state index contributed by atoms with van der Waals surface area (Å²) in [6.07, 6.45) is 3.91. The molecule has 1 aliphatic heterocycles. The number of nitrogens with one attached hydrogen (secondary N) is 1. The largest absolute Gasteiger partial charge is 0.508 e. The molecule has 3 aromatic rings. The molecule has 1 aliphatic carbocycles. The Morgan fingerprint density at radius 2 is 2.03 bits per heavy atom. The van der Waals surface area contributed by atoms with Crippen LogP contribution >= 0.6 is 11.6 Å². The van der Waals surface area contributed by atoms with E-state index in [2.05, 4.69) is 16.5 Å². The lowest BCUT2D eigenvalue weighted by molar-refractivity contribution is -0.100. The molecule has 1 saturated heterocycles. The standard InChI is InChI=1S/C24H25ClN2O2/c1-2-10-27-11-9-23(16-5-3-6-17(28)12-16)14-21-18(13-24(23,29)15-27)22-19(25)7-4-8-20(22)26-21/h2-8,12,26,28-29H,1,9-11,13-15H2/t23-,24-/m0/s1. The number of aromatic hydroxyl groups is 1. The lowest BCUT2D eigenvalue weighted by Gasteiger charge is -2.56. The first-order valence-electron chi connectivity index (χ1n) is 10.1. The summed E-state index contributed by atoms with van der Waals surface area (Å²) in [4.78, 5) is 5.82. The minimum Gasteiger partial charge on any atom is -0.508 e. The summed E-state index contributed by atoms with van der Waals surface area (Å²) >= 11 is 6.55. The summed E-state index contributed by atoms with van der Waals surface area (Å²) in [6.45, 7) is 6.06. The van der Waals surface area contributed by atoms with Crippen molar-refractivity contribution in [1.82, 2.24) is 9.88 Å². The van der Waals surface area contributed by atoms with Crippen molar-refractivity contribution in [2.75, 3.05) is 19.6 Å². The number of H-pyrrole nitrogens is 1. The molecule has 0 amide bonds. The van der Waals surface area contributed by atoms with Crippen LogP contribution in [0.1, 0.15) is 23.2 Å². The van der Waals surface area contributed by atoms with E-state index in [1.807, 2.05) is 42.5 Å². The predicted molar refractivity (Wildman–Crippen MR) is 117 cm³/mol. The third kappa shape index (κ3) is 2.74. The van der Waals surface area contributed by atoms with Crippen LogP contribution in [0.5, 0.6) is 5.75 Å². The van der Waals surface area contributed by atoms with E-state index in [1.54, 1.807) is 6.07 Å². The van der Waals surface area contributed by atoms with Gasteiger partial charge in [0.25, 0.3) is 0 Å². The van der Waals surface area contributed by atoms with Crippen molar-refractivity contribution < 1.29 is 10.2 Å². The number of halogens is 1. The fourth-order valence-electron chi connectivity index (χ4n) is 5.58. The van der Waals surface area contributed by atoms with Crippen molar-refractivity contribution in [3.05, 3.63) is 77.0 Å². The van der Waals surface area contributed by atoms with E-state index in [9.17, 15) is 10.2 Å². The zero-order chi connectivity index (χ0) is 20.2. The molecule has 150 valence electrons. The highest BCUT2D eigenvalue weighted by atomic mass is 35.5. The molecule has 2 aliphatic rings. The number of aromatic amines is 1. The lowest BCUT2D eigenvalue weighted by atomic mass is 9.56. The van der Waals surface area contributed by atoms with Gasteiger partial charge >= 0.3 is 0 Å². The fraction of sp³-hybridized carbons (Fsp3) is 0.333. The highest BCUT2D eigenvalue weighted by molar-refractivity contribution is 6.35. The Hall–Kier alpha value is -2.27. The Morgan fingerprint density at radius 3 is 2.83 bits per heavy atom. The van der Waals surface area contributed by atoms with Crippen molar-refractivity contribution in [3.63, 3.8) is 0 Å². The Balaban J connectivity index is 1.71. The second-order valence-corrected chi connectivity index (χ2v) is 8.94. The third-order valence-corrected chi connectivity index (χ3v) is 7.24. The van der Waals surface area contributed by atoms with E-state index in [0.29, 0.717) is 24.4 Å². The number of hydrogen-bond acceptors (Lipinski definition) is 3. The summed E-state index contributed by atoms with van der Waals surface area (Å²) in [5.74, 6) is 0.234. The number of rotatable bonds is 3. The smallest absolute Gasteiger partial charge is 0.115 e. The number of nitrogens with zero attached hydrogens (tertiary/aromatic N) is 1. The Bertz CT molecular complexity index is 1110. The fourth-order valence-corrected chi connectivity index (χ4v) is 5.87. The summed E-state index contributed by atoms with van der Waals surface area (Å²) in [6, 6.07) is 13.3. The van der Waals surface area contributed by atoms with Crippen LogP contribution in [0, 0.1) is 0 Å². The molecular formula is C24H25ClN2O2. The van der Waals surface area contributed by atoms with Crippen LogP contribution in [0.15, 0.2) is 55.1 Å². The number of benzene rings is 2. The molecule has 1 fully saturated rings. The highest BCUT2D eigenvalue weighted by Gasteiger charge is 2.57. The van der Waals surface area contributed by atoms with Crippen molar-refractivity contribution >= 4 is 22.5 Å². The number of aromatic nitrogens is 1. The second-order valence-electron chi connectivity index (χ2n) is 8.54. The molecule has 5 heteroatoms. The summed E-state index contributed by atoms with van der Waals surface area (Å²) in [5, 5.41) is 24.1. The van der Waals surface area contributed by atoms with Crippen molar-refractivity contribution in [2.24, 2.45) is 0 Å². The van der Waals surface area contributed by atoms with Crippen LogP contribution in [-0.2, 0) is 18.3 Å². The summed E-state index contributed by atoms with van der Waals surface area (Å²) in [5.41, 5.74) is 2.82.